The van der Waals surface area contributed by atoms with Crippen LogP contribution in [-0.4, -0.2) is 6.54 Å². The first-order chi connectivity index (χ1) is 9.25. The zero-order valence-electron chi connectivity index (χ0n) is 12.5. The molecule has 0 aromatic heterocycles. The predicted molar refractivity (Wildman–Crippen MR) is 82.2 cm³/mol. The minimum Gasteiger partial charge on any atom is -0.382 e. The molecule has 0 saturated heterocycles. The summed E-state index contributed by atoms with van der Waals surface area (Å²) < 4.78 is 13.5. The van der Waals surface area contributed by atoms with Crippen LogP contribution in [0.1, 0.15) is 63.9 Å². The number of nitrogens with one attached hydrogen (secondary N) is 1. The number of benzene rings is 1. The molecule has 0 spiro atoms. The number of rotatable bonds is 10. The smallest absolute Gasteiger partial charge is 0.146 e. The van der Waals surface area contributed by atoms with Gasteiger partial charge in [0.2, 0.25) is 0 Å². The summed E-state index contributed by atoms with van der Waals surface area (Å²) in [6.07, 6.45) is 10.4. The van der Waals surface area contributed by atoms with Crippen LogP contribution in [0, 0.1) is 12.7 Å². The maximum absolute atomic E-state index is 13.5. The average molecular weight is 265 g/mol. The highest BCUT2D eigenvalue weighted by molar-refractivity contribution is 5.51. The first kappa shape index (κ1) is 16.0. The Morgan fingerprint density at radius 1 is 0.947 bits per heavy atom. The van der Waals surface area contributed by atoms with Crippen LogP contribution < -0.4 is 5.32 Å². The van der Waals surface area contributed by atoms with Gasteiger partial charge in [0.25, 0.3) is 0 Å². The van der Waals surface area contributed by atoms with Gasteiger partial charge in [-0.15, -0.1) is 0 Å². The zero-order chi connectivity index (χ0) is 13.9. The molecule has 0 bridgehead atoms. The van der Waals surface area contributed by atoms with Gasteiger partial charge in [0.15, 0.2) is 0 Å². The van der Waals surface area contributed by atoms with Gasteiger partial charge in [0, 0.05) is 6.54 Å². The van der Waals surface area contributed by atoms with E-state index in [1.54, 1.807) is 6.07 Å². The van der Waals surface area contributed by atoms with Crippen molar-refractivity contribution in [3.05, 3.63) is 29.6 Å². The molecule has 0 heterocycles. The molecule has 1 rings (SSSR count). The van der Waals surface area contributed by atoms with Gasteiger partial charge in [-0.1, -0.05) is 64.0 Å². The quantitative estimate of drug-likeness (QED) is 0.536. The number of unbranched alkanes of at least 4 members (excludes halogenated alkanes) is 7. The molecule has 1 nitrogen and oxygen atoms in total. The highest BCUT2D eigenvalue weighted by Gasteiger charge is 2.03. The number of hydrogen-bond donors (Lipinski definition) is 1. The third kappa shape index (κ3) is 6.60. The summed E-state index contributed by atoms with van der Waals surface area (Å²) in [5.74, 6) is -0.139. The summed E-state index contributed by atoms with van der Waals surface area (Å²) in [6.45, 7) is 5.06. The summed E-state index contributed by atoms with van der Waals surface area (Å²) in [5.41, 5.74) is 1.66. The van der Waals surface area contributed by atoms with E-state index in [1.807, 2.05) is 13.0 Å². The van der Waals surface area contributed by atoms with Gasteiger partial charge in [-0.05, 0) is 25.0 Å². The fourth-order valence-corrected chi connectivity index (χ4v) is 2.33. The van der Waals surface area contributed by atoms with Crippen molar-refractivity contribution >= 4 is 5.69 Å². The number of hydrogen-bond acceptors (Lipinski definition) is 1. The molecule has 0 aliphatic heterocycles. The molecule has 0 radical (unpaired) electrons. The first-order valence-electron chi connectivity index (χ1n) is 7.74. The SMILES string of the molecule is CCCCCCCCCCNc1c(C)cccc1F. The van der Waals surface area contributed by atoms with E-state index < -0.39 is 0 Å². The Hall–Kier alpha value is -1.05. The van der Waals surface area contributed by atoms with Crippen LogP contribution >= 0.6 is 0 Å². The van der Waals surface area contributed by atoms with Gasteiger partial charge in [-0.25, -0.2) is 4.39 Å². The summed E-state index contributed by atoms with van der Waals surface area (Å²) in [6, 6.07) is 5.22. The highest BCUT2D eigenvalue weighted by Crippen LogP contribution is 2.18. The van der Waals surface area contributed by atoms with E-state index in [0.717, 1.165) is 18.5 Å². The summed E-state index contributed by atoms with van der Waals surface area (Å²) >= 11 is 0. The van der Waals surface area contributed by atoms with Crippen molar-refractivity contribution in [1.29, 1.82) is 0 Å². The van der Waals surface area contributed by atoms with Gasteiger partial charge >= 0.3 is 0 Å². The predicted octanol–water partition coefficient (Wildman–Crippen LogP) is 5.69. The Morgan fingerprint density at radius 2 is 1.58 bits per heavy atom. The lowest BCUT2D eigenvalue weighted by atomic mass is 10.1. The van der Waals surface area contributed by atoms with Crippen molar-refractivity contribution < 1.29 is 4.39 Å². The van der Waals surface area contributed by atoms with E-state index in [1.165, 1.54) is 51.0 Å². The molecule has 1 aromatic rings. The van der Waals surface area contributed by atoms with Gasteiger partial charge in [0.1, 0.15) is 5.82 Å². The molecule has 2 heteroatoms. The Labute approximate surface area is 117 Å². The van der Waals surface area contributed by atoms with Crippen LogP contribution in [0.25, 0.3) is 0 Å². The molecular weight excluding hydrogens is 237 g/mol. The molecular formula is C17H28FN. The molecule has 0 atom stereocenters. The monoisotopic (exact) mass is 265 g/mol. The molecule has 0 aliphatic carbocycles. The molecule has 1 N–H and O–H groups in total. The van der Waals surface area contributed by atoms with E-state index in [4.69, 9.17) is 0 Å². The van der Waals surface area contributed by atoms with Crippen LogP contribution in [-0.2, 0) is 0 Å². The summed E-state index contributed by atoms with van der Waals surface area (Å²) in [7, 11) is 0. The number of para-hydroxylation sites is 1. The fraction of sp³-hybridized carbons (Fsp3) is 0.647. The molecule has 0 aliphatic rings. The molecule has 0 amide bonds. The standard InChI is InChI=1S/C17H28FN/c1-3-4-5-6-7-8-9-10-14-19-17-15(2)12-11-13-16(17)18/h11-13,19H,3-10,14H2,1-2H3. The molecule has 1 aromatic carbocycles. The van der Waals surface area contributed by atoms with Crippen molar-refractivity contribution in [3.63, 3.8) is 0 Å². The van der Waals surface area contributed by atoms with Crippen molar-refractivity contribution in [2.75, 3.05) is 11.9 Å². The first-order valence-corrected chi connectivity index (χ1v) is 7.74. The van der Waals surface area contributed by atoms with E-state index in [2.05, 4.69) is 12.2 Å². The maximum atomic E-state index is 13.5. The third-order valence-corrected chi connectivity index (χ3v) is 3.55. The summed E-state index contributed by atoms with van der Waals surface area (Å²) in [5, 5.41) is 3.22. The lowest BCUT2D eigenvalue weighted by Crippen LogP contribution is -2.05. The van der Waals surface area contributed by atoms with Gasteiger partial charge in [-0.2, -0.15) is 0 Å². The van der Waals surface area contributed by atoms with Crippen LogP contribution in [0.4, 0.5) is 10.1 Å². The van der Waals surface area contributed by atoms with Crippen LogP contribution in [0.5, 0.6) is 0 Å². The van der Waals surface area contributed by atoms with E-state index in [-0.39, 0.29) is 5.82 Å². The van der Waals surface area contributed by atoms with Crippen molar-refractivity contribution in [3.8, 4) is 0 Å². The lowest BCUT2D eigenvalue weighted by molar-refractivity contribution is 0.580. The minimum atomic E-state index is -0.139. The second kappa shape index (κ2) is 9.82. The Bertz CT molecular complexity index is 329. The zero-order valence-corrected chi connectivity index (χ0v) is 12.5. The highest BCUT2D eigenvalue weighted by atomic mass is 19.1. The molecule has 0 fully saturated rings. The Balaban J connectivity index is 2.05. The Kier molecular flexibility index (Phi) is 8.28. The number of anilines is 1. The van der Waals surface area contributed by atoms with E-state index in [0.29, 0.717) is 5.69 Å². The molecule has 108 valence electrons. The van der Waals surface area contributed by atoms with E-state index >= 15 is 0 Å². The van der Waals surface area contributed by atoms with Crippen molar-refractivity contribution in [1.82, 2.24) is 0 Å². The normalized spacial score (nSPS) is 10.7. The van der Waals surface area contributed by atoms with Crippen molar-refractivity contribution in [2.45, 2.75) is 65.2 Å². The van der Waals surface area contributed by atoms with Crippen LogP contribution in [0.2, 0.25) is 0 Å². The van der Waals surface area contributed by atoms with Crippen LogP contribution in [0.3, 0.4) is 0 Å². The van der Waals surface area contributed by atoms with Gasteiger partial charge < -0.3 is 5.32 Å². The van der Waals surface area contributed by atoms with Crippen LogP contribution in [0.15, 0.2) is 18.2 Å². The number of aryl methyl sites for hydroxylation is 1. The Morgan fingerprint density at radius 3 is 2.21 bits per heavy atom. The molecule has 19 heavy (non-hydrogen) atoms. The average Bonchev–Trinajstić information content (AvgIpc) is 2.40. The van der Waals surface area contributed by atoms with E-state index in [9.17, 15) is 4.39 Å². The van der Waals surface area contributed by atoms with Crippen molar-refractivity contribution in [2.24, 2.45) is 0 Å². The molecule has 0 unspecified atom stereocenters. The lowest BCUT2D eigenvalue weighted by Gasteiger charge is -2.10. The largest absolute Gasteiger partial charge is 0.382 e. The maximum Gasteiger partial charge on any atom is 0.146 e. The number of halogens is 1. The fourth-order valence-electron chi connectivity index (χ4n) is 2.33. The van der Waals surface area contributed by atoms with Gasteiger partial charge in [-0.3, -0.25) is 0 Å². The minimum absolute atomic E-state index is 0.139. The van der Waals surface area contributed by atoms with Gasteiger partial charge in [0.05, 0.1) is 5.69 Å². The topological polar surface area (TPSA) is 12.0 Å². The summed E-state index contributed by atoms with van der Waals surface area (Å²) in [4.78, 5) is 0. The molecule has 0 saturated carbocycles. The third-order valence-electron chi connectivity index (χ3n) is 3.55. The second-order valence-corrected chi connectivity index (χ2v) is 5.33. The second-order valence-electron chi connectivity index (χ2n) is 5.33.